The molecule has 2 aliphatic rings. The van der Waals surface area contributed by atoms with Gasteiger partial charge in [0.05, 0.1) is 11.1 Å². The molecule has 0 radical (unpaired) electrons. The predicted octanol–water partition coefficient (Wildman–Crippen LogP) is 3.30. The summed E-state index contributed by atoms with van der Waals surface area (Å²) < 4.78 is 0.936. The molecule has 1 aliphatic carbocycles. The molecule has 1 saturated carbocycles. The molecular weight excluding hydrogens is 266 g/mol. The maximum absolute atomic E-state index is 12.3. The van der Waals surface area contributed by atoms with E-state index in [2.05, 4.69) is 22.0 Å². The van der Waals surface area contributed by atoms with Crippen molar-refractivity contribution in [3.8, 4) is 0 Å². The average Bonchev–Trinajstić information content (AvgIpc) is 2.83. The maximum atomic E-state index is 12.3. The SMILES string of the molecule is CN1C(=O)c2c(Br)cccc2C12CCCC2. The molecule has 1 aromatic rings. The summed E-state index contributed by atoms with van der Waals surface area (Å²) >= 11 is 3.50. The summed E-state index contributed by atoms with van der Waals surface area (Å²) in [6, 6.07) is 6.11. The van der Waals surface area contributed by atoms with Crippen molar-refractivity contribution in [2.45, 2.75) is 31.2 Å². The lowest BCUT2D eigenvalue weighted by molar-refractivity contribution is 0.0641. The summed E-state index contributed by atoms with van der Waals surface area (Å²) in [5.41, 5.74) is 2.11. The van der Waals surface area contributed by atoms with Gasteiger partial charge in [-0.25, -0.2) is 0 Å². The minimum atomic E-state index is -0.00377. The number of nitrogens with zero attached hydrogens (tertiary/aromatic N) is 1. The lowest BCUT2D eigenvalue weighted by Gasteiger charge is -2.32. The molecule has 0 N–H and O–H groups in total. The molecule has 1 heterocycles. The second-order valence-electron chi connectivity index (χ2n) is 4.77. The molecule has 16 heavy (non-hydrogen) atoms. The van der Waals surface area contributed by atoms with Gasteiger partial charge in [0.15, 0.2) is 0 Å². The summed E-state index contributed by atoms with van der Waals surface area (Å²) in [6.45, 7) is 0. The normalized spacial score (nSPS) is 21.9. The van der Waals surface area contributed by atoms with Crippen LogP contribution in [0.15, 0.2) is 22.7 Å². The Labute approximate surface area is 104 Å². The van der Waals surface area contributed by atoms with Crippen LogP contribution in [-0.4, -0.2) is 17.9 Å². The van der Waals surface area contributed by atoms with E-state index >= 15 is 0 Å². The van der Waals surface area contributed by atoms with Crippen LogP contribution < -0.4 is 0 Å². The fourth-order valence-corrected chi connectivity index (χ4v) is 3.77. The van der Waals surface area contributed by atoms with Gasteiger partial charge in [-0.15, -0.1) is 0 Å². The molecular formula is C13H14BrNO. The van der Waals surface area contributed by atoms with E-state index in [1.54, 1.807) is 0 Å². The Bertz CT molecular complexity index is 463. The van der Waals surface area contributed by atoms with Gasteiger partial charge >= 0.3 is 0 Å². The van der Waals surface area contributed by atoms with Crippen LogP contribution in [0.3, 0.4) is 0 Å². The summed E-state index contributed by atoms with van der Waals surface area (Å²) in [7, 11) is 1.94. The van der Waals surface area contributed by atoms with Crippen LogP contribution in [0.5, 0.6) is 0 Å². The van der Waals surface area contributed by atoms with Gasteiger partial charge in [-0.3, -0.25) is 4.79 Å². The first-order valence-electron chi connectivity index (χ1n) is 5.74. The van der Waals surface area contributed by atoms with E-state index in [1.807, 2.05) is 24.1 Å². The Hall–Kier alpha value is -0.830. The minimum Gasteiger partial charge on any atom is -0.332 e. The number of hydrogen-bond acceptors (Lipinski definition) is 1. The molecule has 1 aromatic carbocycles. The van der Waals surface area contributed by atoms with E-state index in [1.165, 1.54) is 18.4 Å². The molecule has 1 spiro atoms. The number of halogens is 1. The van der Waals surface area contributed by atoms with Gasteiger partial charge in [0.25, 0.3) is 5.91 Å². The van der Waals surface area contributed by atoms with Crippen molar-refractivity contribution >= 4 is 21.8 Å². The smallest absolute Gasteiger partial charge is 0.255 e. The third-order valence-corrected chi connectivity index (χ3v) is 4.77. The fourth-order valence-electron chi connectivity index (χ4n) is 3.24. The minimum absolute atomic E-state index is 0.00377. The summed E-state index contributed by atoms with van der Waals surface area (Å²) in [5.74, 6) is 0.171. The van der Waals surface area contributed by atoms with Gasteiger partial charge in [-0.2, -0.15) is 0 Å². The Morgan fingerprint density at radius 3 is 2.69 bits per heavy atom. The highest BCUT2D eigenvalue weighted by Gasteiger charge is 2.49. The standard InChI is InChI=1S/C13H14BrNO/c1-15-12(16)11-9(5-4-6-10(11)14)13(15)7-2-3-8-13/h4-6H,2-3,7-8H2,1H3. The quantitative estimate of drug-likeness (QED) is 0.714. The molecule has 1 amide bonds. The molecule has 3 heteroatoms. The number of benzene rings is 1. The first kappa shape index (κ1) is 10.3. The first-order chi connectivity index (χ1) is 7.67. The van der Waals surface area contributed by atoms with Crippen molar-refractivity contribution in [1.82, 2.24) is 4.90 Å². The van der Waals surface area contributed by atoms with Crippen LogP contribution in [0.4, 0.5) is 0 Å². The molecule has 0 atom stereocenters. The topological polar surface area (TPSA) is 20.3 Å². The average molecular weight is 280 g/mol. The molecule has 0 unspecified atom stereocenters. The van der Waals surface area contributed by atoms with Crippen molar-refractivity contribution < 1.29 is 4.79 Å². The van der Waals surface area contributed by atoms with Gasteiger partial charge in [0.1, 0.15) is 0 Å². The van der Waals surface area contributed by atoms with E-state index < -0.39 is 0 Å². The molecule has 1 aliphatic heterocycles. The molecule has 84 valence electrons. The van der Waals surface area contributed by atoms with Crippen LogP contribution in [0.25, 0.3) is 0 Å². The molecule has 3 rings (SSSR count). The first-order valence-corrected chi connectivity index (χ1v) is 6.53. The molecule has 0 aromatic heterocycles. The highest BCUT2D eigenvalue weighted by Crippen LogP contribution is 2.50. The Balaban J connectivity index is 2.26. The molecule has 0 saturated heterocycles. The van der Waals surface area contributed by atoms with Crippen molar-refractivity contribution in [3.05, 3.63) is 33.8 Å². The molecule has 1 fully saturated rings. The van der Waals surface area contributed by atoms with E-state index in [-0.39, 0.29) is 11.4 Å². The summed E-state index contributed by atoms with van der Waals surface area (Å²) in [6.07, 6.45) is 4.67. The van der Waals surface area contributed by atoms with Crippen LogP contribution in [0.1, 0.15) is 41.6 Å². The third kappa shape index (κ3) is 1.10. The van der Waals surface area contributed by atoms with Crippen LogP contribution in [-0.2, 0) is 5.54 Å². The van der Waals surface area contributed by atoms with Gasteiger partial charge < -0.3 is 4.90 Å². The maximum Gasteiger partial charge on any atom is 0.255 e. The zero-order valence-corrected chi connectivity index (χ0v) is 10.9. The number of rotatable bonds is 0. The summed E-state index contributed by atoms with van der Waals surface area (Å²) in [4.78, 5) is 14.2. The van der Waals surface area contributed by atoms with Crippen molar-refractivity contribution in [2.24, 2.45) is 0 Å². The van der Waals surface area contributed by atoms with Crippen LogP contribution in [0, 0.1) is 0 Å². The zero-order chi connectivity index (χ0) is 11.3. The Kier molecular flexibility index (Phi) is 2.15. The lowest BCUT2D eigenvalue weighted by Crippen LogP contribution is -2.38. The second kappa shape index (κ2) is 3.33. The number of carbonyl (C=O) groups excluding carboxylic acids is 1. The molecule has 2 nitrogen and oxygen atoms in total. The van der Waals surface area contributed by atoms with Gasteiger partial charge in [0, 0.05) is 11.5 Å². The number of hydrogen-bond donors (Lipinski definition) is 0. The van der Waals surface area contributed by atoms with E-state index in [0.717, 1.165) is 22.9 Å². The van der Waals surface area contributed by atoms with Gasteiger partial charge in [-0.05, 0) is 40.4 Å². The van der Waals surface area contributed by atoms with Crippen LogP contribution >= 0.6 is 15.9 Å². The number of amides is 1. The number of carbonyl (C=O) groups is 1. The lowest BCUT2D eigenvalue weighted by atomic mass is 9.88. The third-order valence-electron chi connectivity index (χ3n) is 4.11. The van der Waals surface area contributed by atoms with Crippen molar-refractivity contribution in [3.63, 3.8) is 0 Å². The predicted molar refractivity (Wildman–Crippen MR) is 66.4 cm³/mol. The van der Waals surface area contributed by atoms with E-state index in [9.17, 15) is 4.79 Å². The van der Waals surface area contributed by atoms with Crippen molar-refractivity contribution in [2.75, 3.05) is 7.05 Å². The van der Waals surface area contributed by atoms with Gasteiger partial charge in [0.2, 0.25) is 0 Å². The monoisotopic (exact) mass is 279 g/mol. The van der Waals surface area contributed by atoms with Gasteiger partial charge in [-0.1, -0.05) is 25.0 Å². The zero-order valence-electron chi connectivity index (χ0n) is 9.29. The summed E-state index contributed by atoms with van der Waals surface area (Å²) in [5, 5.41) is 0. The largest absolute Gasteiger partial charge is 0.332 e. The van der Waals surface area contributed by atoms with Crippen molar-refractivity contribution in [1.29, 1.82) is 0 Å². The number of fused-ring (bicyclic) bond motifs is 2. The second-order valence-corrected chi connectivity index (χ2v) is 5.62. The fraction of sp³-hybridized carbons (Fsp3) is 0.462. The molecule has 0 bridgehead atoms. The van der Waals surface area contributed by atoms with Crippen LogP contribution in [0.2, 0.25) is 0 Å². The highest BCUT2D eigenvalue weighted by molar-refractivity contribution is 9.10. The Morgan fingerprint density at radius 2 is 2.00 bits per heavy atom. The highest BCUT2D eigenvalue weighted by atomic mass is 79.9. The van der Waals surface area contributed by atoms with E-state index in [4.69, 9.17) is 0 Å². The Morgan fingerprint density at radius 1 is 1.31 bits per heavy atom. The van der Waals surface area contributed by atoms with E-state index in [0.29, 0.717) is 0 Å².